The van der Waals surface area contributed by atoms with Crippen molar-refractivity contribution in [1.29, 1.82) is 0 Å². The summed E-state index contributed by atoms with van der Waals surface area (Å²) < 4.78 is 5.67. The van der Waals surface area contributed by atoms with Gasteiger partial charge in [0.25, 0.3) is 0 Å². The summed E-state index contributed by atoms with van der Waals surface area (Å²) in [4.78, 5) is 7.44. The molecule has 0 atom stereocenters. The standard InChI is InChI=1S/C14H12N2O/c1-2-5-14-16-9-13(17-14)11-8-15-12-7-4-3-6-10(11)12/h2-4,6-9,15H,1,5H2. The van der Waals surface area contributed by atoms with Crippen LogP contribution in [0.4, 0.5) is 0 Å². The maximum absolute atomic E-state index is 5.67. The van der Waals surface area contributed by atoms with Crippen LogP contribution in [-0.2, 0) is 6.42 Å². The Morgan fingerprint density at radius 1 is 1.35 bits per heavy atom. The van der Waals surface area contributed by atoms with Crippen molar-refractivity contribution in [2.75, 3.05) is 0 Å². The van der Waals surface area contributed by atoms with E-state index >= 15 is 0 Å². The Morgan fingerprint density at radius 3 is 3.12 bits per heavy atom. The van der Waals surface area contributed by atoms with E-state index in [2.05, 4.69) is 22.6 Å². The molecular weight excluding hydrogens is 212 g/mol. The Labute approximate surface area is 98.8 Å². The van der Waals surface area contributed by atoms with Gasteiger partial charge < -0.3 is 9.40 Å². The number of fused-ring (bicyclic) bond motifs is 1. The van der Waals surface area contributed by atoms with Gasteiger partial charge in [-0.05, 0) is 6.07 Å². The highest BCUT2D eigenvalue weighted by atomic mass is 16.4. The number of aromatic nitrogens is 2. The summed E-state index contributed by atoms with van der Waals surface area (Å²) >= 11 is 0. The summed E-state index contributed by atoms with van der Waals surface area (Å²) in [6.45, 7) is 3.67. The topological polar surface area (TPSA) is 41.8 Å². The molecule has 2 aromatic heterocycles. The van der Waals surface area contributed by atoms with Crippen molar-refractivity contribution >= 4 is 10.9 Å². The minimum absolute atomic E-state index is 0.655. The molecule has 0 unspecified atom stereocenters. The molecule has 3 nitrogen and oxygen atoms in total. The molecule has 0 bridgehead atoms. The molecule has 0 aliphatic rings. The third-order valence-corrected chi connectivity index (χ3v) is 2.73. The maximum Gasteiger partial charge on any atom is 0.198 e. The molecular formula is C14H12N2O. The van der Waals surface area contributed by atoms with Gasteiger partial charge >= 0.3 is 0 Å². The summed E-state index contributed by atoms with van der Waals surface area (Å²) in [5.41, 5.74) is 2.15. The minimum Gasteiger partial charge on any atom is -0.440 e. The summed E-state index contributed by atoms with van der Waals surface area (Å²) in [5, 5.41) is 1.15. The lowest BCUT2D eigenvalue weighted by Crippen LogP contribution is -1.76. The lowest BCUT2D eigenvalue weighted by atomic mass is 10.1. The number of aromatic amines is 1. The van der Waals surface area contributed by atoms with Crippen LogP contribution in [0.5, 0.6) is 0 Å². The summed E-state index contributed by atoms with van der Waals surface area (Å²) in [6.07, 6.45) is 6.14. The van der Waals surface area contributed by atoms with Crippen LogP contribution in [0, 0.1) is 0 Å². The van der Waals surface area contributed by atoms with E-state index in [1.54, 1.807) is 12.3 Å². The summed E-state index contributed by atoms with van der Waals surface area (Å²) in [7, 11) is 0. The van der Waals surface area contributed by atoms with Crippen LogP contribution in [0.3, 0.4) is 0 Å². The fraction of sp³-hybridized carbons (Fsp3) is 0.0714. The SMILES string of the molecule is C=CCc1ncc(-c2c[nH]c3ccccc23)o1. The third kappa shape index (κ3) is 1.65. The molecule has 3 heteroatoms. The lowest BCUT2D eigenvalue weighted by Gasteiger charge is -1.93. The molecule has 0 saturated carbocycles. The normalized spacial score (nSPS) is 10.8. The molecule has 0 saturated heterocycles. The quantitative estimate of drug-likeness (QED) is 0.691. The van der Waals surface area contributed by atoms with E-state index in [0.29, 0.717) is 12.3 Å². The second-order valence-electron chi connectivity index (χ2n) is 3.86. The van der Waals surface area contributed by atoms with Gasteiger partial charge in [-0.2, -0.15) is 0 Å². The van der Waals surface area contributed by atoms with Crippen molar-refractivity contribution in [3.8, 4) is 11.3 Å². The smallest absolute Gasteiger partial charge is 0.198 e. The number of nitrogens with one attached hydrogen (secondary N) is 1. The van der Waals surface area contributed by atoms with Crippen LogP contribution in [0.15, 0.2) is 53.7 Å². The number of benzene rings is 1. The van der Waals surface area contributed by atoms with Gasteiger partial charge in [0.2, 0.25) is 0 Å². The Hall–Kier alpha value is -2.29. The van der Waals surface area contributed by atoms with E-state index in [1.165, 1.54) is 0 Å². The highest BCUT2D eigenvalue weighted by molar-refractivity contribution is 5.93. The fourth-order valence-corrected chi connectivity index (χ4v) is 1.93. The molecule has 1 N–H and O–H groups in total. The Balaban J connectivity index is 2.10. The first-order chi connectivity index (χ1) is 8.38. The van der Waals surface area contributed by atoms with Crippen LogP contribution >= 0.6 is 0 Å². The van der Waals surface area contributed by atoms with Crippen LogP contribution in [-0.4, -0.2) is 9.97 Å². The van der Waals surface area contributed by atoms with Crippen molar-refractivity contribution in [3.05, 3.63) is 55.2 Å². The Bertz CT molecular complexity index is 663. The Morgan fingerprint density at radius 2 is 2.24 bits per heavy atom. The molecule has 0 fully saturated rings. The maximum atomic E-state index is 5.67. The molecule has 2 heterocycles. The van der Waals surface area contributed by atoms with E-state index in [4.69, 9.17) is 4.42 Å². The van der Waals surface area contributed by atoms with Gasteiger partial charge in [0, 0.05) is 29.1 Å². The van der Waals surface area contributed by atoms with Gasteiger partial charge in [-0.1, -0.05) is 24.3 Å². The predicted octanol–water partition coefficient (Wildman–Crippen LogP) is 3.55. The highest BCUT2D eigenvalue weighted by Crippen LogP contribution is 2.28. The fourth-order valence-electron chi connectivity index (χ4n) is 1.93. The largest absolute Gasteiger partial charge is 0.440 e. The van der Waals surface area contributed by atoms with E-state index in [-0.39, 0.29) is 0 Å². The number of hydrogen-bond acceptors (Lipinski definition) is 2. The van der Waals surface area contributed by atoms with Crippen LogP contribution in [0.1, 0.15) is 5.89 Å². The molecule has 0 amide bonds. The van der Waals surface area contributed by atoms with Crippen molar-refractivity contribution in [2.45, 2.75) is 6.42 Å². The molecule has 0 aliphatic heterocycles. The van der Waals surface area contributed by atoms with Crippen molar-refractivity contribution < 1.29 is 4.42 Å². The molecule has 0 spiro atoms. The number of H-pyrrole nitrogens is 1. The summed E-state index contributed by atoms with van der Waals surface area (Å²) in [6, 6.07) is 8.13. The number of hydrogen-bond donors (Lipinski definition) is 1. The third-order valence-electron chi connectivity index (χ3n) is 2.73. The molecule has 0 radical (unpaired) electrons. The van der Waals surface area contributed by atoms with Crippen molar-refractivity contribution in [3.63, 3.8) is 0 Å². The van der Waals surface area contributed by atoms with Gasteiger partial charge in [-0.25, -0.2) is 4.98 Å². The number of allylic oxidation sites excluding steroid dienone is 1. The average Bonchev–Trinajstić information content (AvgIpc) is 2.95. The lowest BCUT2D eigenvalue weighted by molar-refractivity contribution is 0.522. The van der Waals surface area contributed by atoms with E-state index in [1.807, 2.05) is 24.4 Å². The zero-order chi connectivity index (χ0) is 11.7. The van der Waals surface area contributed by atoms with E-state index in [0.717, 1.165) is 22.2 Å². The van der Waals surface area contributed by atoms with Crippen molar-refractivity contribution in [2.24, 2.45) is 0 Å². The first-order valence-corrected chi connectivity index (χ1v) is 5.50. The second kappa shape index (κ2) is 3.94. The second-order valence-corrected chi connectivity index (χ2v) is 3.86. The first kappa shape index (κ1) is 9.90. The molecule has 17 heavy (non-hydrogen) atoms. The Kier molecular flexibility index (Phi) is 2.29. The van der Waals surface area contributed by atoms with Gasteiger partial charge in [0.15, 0.2) is 11.7 Å². The monoisotopic (exact) mass is 224 g/mol. The molecule has 3 aromatic rings. The van der Waals surface area contributed by atoms with Crippen LogP contribution in [0.25, 0.3) is 22.2 Å². The van der Waals surface area contributed by atoms with Gasteiger partial charge in [-0.3, -0.25) is 0 Å². The first-order valence-electron chi connectivity index (χ1n) is 5.50. The average molecular weight is 224 g/mol. The summed E-state index contributed by atoms with van der Waals surface area (Å²) in [5.74, 6) is 1.49. The number of nitrogens with zero attached hydrogens (tertiary/aromatic N) is 1. The van der Waals surface area contributed by atoms with Crippen LogP contribution in [0.2, 0.25) is 0 Å². The van der Waals surface area contributed by atoms with Gasteiger partial charge in [-0.15, -0.1) is 6.58 Å². The van der Waals surface area contributed by atoms with E-state index < -0.39 is 0 Å². The number of oxazole rings is 1. The zero-order valence-corrected chi connectivity index (χ0v) is 9.31. The predicted molar refractivity (Wildman–Crippen MR) is 67.7 cm³/mol. The van der Waals surface area contributed by atoms with Crippen LogP contribution < -0.4 is 0 Å². The van der Waals surface area contributed by atoms with Gasteiger partial charge in [0.1, 0.15) is 0 Å². The molecule has 0 aliphatic carbocycles. The number of para-hydroxylation sites is 1. The molecule has 84 valence electrons. The highest BCUT2D eigenvalue weighted by Gasteiger charge is 2.10. The van der Waals surface area contributed by atoms with Crippen molar-refractivity contribution in [1.82, 2.24) is 9.97 Å². The van der Waals surface area contributed by atoms with Gasteiger partial charge in [0.05, 0.1) is 6.20 Å². The number of rotatable bonds is 3. The molecule has 3 rings (SSSR count). The zero-order valence-electron chi connectivity index (χ0n) is 9.31. The van der Waals surface area contributed by atoms with E-state index in [9.17, 15) is 0 Å². The minimum atomic E-state index is 0.655. The molecule has 1 aromatic carbocycles.